The van der Waals surface area contributed by atoms with Crippen molar-refractivity contribution in [2.45, 2.75) is 51.0 Å². The molecule has 1 saturated heterocycles. The van der Waals surface area contributed by atoms with Crippen molar-refractivity contribution < 1.29 is 28.9 Å². The Kier molecular flexibility index (Phi) is 12.1. The van der Waals surface area contributed by atoms with Crippen molar-refractivity contribution in [1.29, 1.82) is 0 Å². The molecule has 2 amide bonds. The van der Waals surface area contributed by atoms with Gasteiger partial charge in [-0.2, -0.15) is 0 Å². The molecule has 0 unspecified atom stereocenters. The lowest BCUT2D eigenvalue weighted by Crippen LogP contribution is -2.47. The highest BCUT2D eigenvalue weighted by atomic mass is 16.7. The number of likely N-dealkylation sites (N-methyl/N-ethyl adjacent to an activating group) is 1. The van der Waals surface area contributed by atoms with E-state index in [0.717, 1.165) is 34.4 Å². The Bertz CT molecular complexity index is 1350. The smallest absolute Gasteiger partial charge is 0.328 e. The number of aliphatic hydroxyl groups excluding tert-OH is 1. The fourth-order valence-electron chi connectivity index (χ4n) is 5.30. The summed E-state index contributed by atoms with van der Waals surface area (Å²) in [4.78, 5) is 27.1. The van der Waals surface area contributed by atoms with Gasteiger partial charge in [-0.05, 0) is 29.3 Å². The van der Waals surface area contributed by atoms with E-state index in [-0.39, 0.29) is 31.3 Å². The van der Waals surface area contributed by atoms with Gasteiger partial charge in [-0.25, -0.2) is 9.59 Å². The van der Waals surface area contributed by atoms with Crippen LogP contribution in [-0.4, -0.2) is 61.4 Å². The highest BCUT2D eigenvalue weighted by Gasteiger charge is 2.38. The van der Waals surface area contributed by atoms with Crippen LogP contribution in [-0.2, 0) is 38.6 Å². The Balaban J connectivity index is 1.41. The van der Waals surface area contributed by atoms with Crippen molar-refractivity contribution in [3.05, 3.63) is 119 Å². The minimum absolute atomic E-state index is 0.00944. The molecule has 0 aromatic heterocycles. The van der Waals surface area contributed by atoms with E-state index in [4.69, 9.17) is 14.2 Å². The Morgan fingerprint density at radius 1 is 0.977 bits per heavy atom. The molecule has 1 aliphatic rings. The number of nitrogens with one attached hydrogen (secondary N) is 2. The Hall–Kier alpha value is -4.02. The van der Waals surface area contributed by atoms with Crippen LogP contribution in [0.15, 0.2) is 91.5 Å². The van der Waals surface area contributed by atoms with Gasteiger partial charge in [0.25, 0.3) is 0 Å². The van der Waals surface area contributed by atoms with E-state index < -0.39 is 24.3 Å². The molecule has 0 saturated carbocycles. The quantitative estimate of drug-likeness (QED) is 0.193. The second kappa shape index (κ2) is 16.2. The van der Waals surface area contributed by atoms with Crippen LogP contribution in [0.5, 0.6) is 0 Å². The fraction of sp³-hybridized carbons (Fsp3) is 0.371. The summed E-state index contributed by atoms with van der Waals surface area (Å²) in [5.41, 5.74) is 4.54. The third-order valence-electron chi connectivity index (χ3n) is 7.83. The molecule has 0 radical (unpaired) electrons. The van der Waals surface area contributed by atoms with E-state index in [1.54, 1.807) is 0 Å². The van der Waals surface area contributed by atoms with Crippen molar-refractivity contribution >= 4 is 12.0 Å². The number of ether oxygens (including phenoxy) is 3. The molecule has 1 fully saturated rings. The molecule has 0 aliphatic carbocycles. The van der Waals surface area contributed by atoms with Crippen LogP contribution in [0.4, 0.5) is 4.79 Å². The molecular weight excluding hydrogens is 558 g/mol. The van der Waals surface area contributed by atoms with Crippen LogP contribution < -0.4 is 10.6 Å². The second-order valence-electron chi connectivity index (χ2n) is 11.2. The summed E-state index contributed by atoms with van der Waals surface area (Å²) in [6, 6.07) is 23.8. The summed E-state index contributed by atoms with van der Waals surface area (Å²) < 4.78 is 17.9. The maximum Gasteiger partial charge on any atom is 0.328 e. The number of nitrogens with zero attached hydrogens (tertiary/aromatic N) is 1. The Morgan fingerprint density at radius 2 is 1.64 bits per heavy atom. The van der Waals surface area contributed by atoms with Crippen molar-refractivity contribution in [2.24, 2.45) is 5.92 Å². The molecule has 1 heterocycles. The van der Waals surface area contributed by atoms with Crippen LogP contribution >= 0.6 is 0 Å². The Labute approximate surface area is 259 Å². The molecular formula is C35H43N3O6. The first-order chi connectivity index (χ1) is 21.3. The SMILES string of the molecule is C=CCN(C)C[C@H]1O[C@@H](c2ccc(CNC(=O)N[C@@H](Cc3ccccc3)C(=O)OC)cc2)O[C@@H](c2ccc(CO)cc2)[C@H]1C. The zero-order valence-electron chi connectivity index (χ0n) is 25.6. The molecule has 9 heteroatoms. The zero-order chi connectivity index (χ0) is 31.5. The number of hydrogen-bond donors (Lipinski definition) is 3. The van der Waals surface area contributed by atoms with Gasteiger partial charge in [-0.15, -0.1) is 6.58 Å². The zero-order valence-corrected chi connectivity index (χ0v) is 25.6. The molecule has 3 aromatic rings. The van der Waals surface area contributed by atoms with E-state index in [0.29, 0.717) is 13.0 Å². The average molecular weight is 602 g/mol. The predicted molar refractivity (Wildman–Crippen MR) is 168 cm³/mol. The number of methoxy groups -OCH3 is 1. The number of rotatable bonds is 13. The molecule has 3 aromatic carbocycles. The molecule has 1 aliphatic heterocycles. The average Bonchev–Trinajstić information content (AvgIpc) is 3.05. The number of amides is 2. The lowest BCUT2D eigenvalue weighted by atomic mass is 9.90. The van der Waals surface area contributed by atoms with E-state index in [1.165, 1.54) is 7.11 Å². The van der Waals surface area contributed by atoms with Gasteiger partial charge >= 0.3 is 12.0 Å². The minimum Gasteiger partial charge on any atom is -0.467 e. The van der Waals surface area contributed by atoms with E-state index in [9.17, 15) is 14.7 Å². The van der Waals surface area contributed by atoms with Crippen LogP contribution in [0.2, 0.25) is 0 Å². The van der Waals surface area contributed by atoms with Crippen LogP contribution in [0.25, 0.3) is 0 Å². The summed E-state index contributed by atoms with van der Waals surface area (Å²) in [6.07, 6.45) is 1.32. The summed E-state index contributed by atoms with van der Waals surface area (Å²) in [5, 5.41) is 15.0. The lowest BCUT2D eigenvalue weighted by Gasteiger charge is -2.42. The van der Waals surface area contributed by atoms with E-state index in [2.05, 4.69) is 29.0 Å². The lowest BCUT2D eigenvalue weighted by molar-refractivity contribution is -0.275. The number of aliphatic hydroxyl groups is 1. The molecule has 5 atom stereocenters. The minimum atomic E-state index is -0.806. The van der Waals surface area contributed by atoms with Crippen LogP contribution in [0.3, 0.4) is 0 Å². The second-order valence-corrected chi connectivity index (χ2v) is 11.2. The van der Waals surface area contributed by atoms with Crippen molar-refractivity contribution in [3.63, 3.8) is 0 Å². The van der Waals surface area contributed by atoms with Gasteiger partial charge in [0.2, 0.25) is 0 Å². The first kappa shape index (κ1) is 32.9. The van der Waals surface area contributed by atoms with E-state index in [1.807, 2.05) is 92.0 Å². The summed E-state index contributed by atoms with van der Waals surface area (Å²) in [6.45, 7) is 7.71. The number of esters is 1. The van der Waals surface area contributed by atoms with Gasteiger partial charge in [0, 0.05) is 37.5 Å². The van der Waals surface area contributed by atoms with Crippen LogP contribution in [0.1, 0.15) is 47.1 Å². The molecule has 44 heavy (non-hydrogen) atoms. The number of hydrogen-bond acceptors (Lipinski definition) is 7. The highest BCUT2D eigenvalue weighted by Crippen LogP contribution is 2.41. The molecule has 234 valence electrons. The molecule has 4 rings (SSSR count). The standard InChI is InChI=1S/C35H43N3O6/c1-5-19-38(3)22-31-24(2)32(28-15-13-27(23-39)14-16-28)44-34(43-31)29-17-11-26(12-18-29)21-36-35(41)37-30(33(40)42-4)20-25-9-7-6-8-10-25/h5-18,24,30-32,34,39H,1,19-23H2,2-4H3,(H2,36,37,41)/t24-,30-,31+,32+,34+/m0/s1. The maximum atomic E-state index is 12.7. The molecule has 3 N–H and O–H groups in total. The molecule has 0 spiro atoms. The number of carbonyl (C=O) groups is 2. The topological polar surface area (TPSA) is 109 Å². The number of benzene rings is 3. The van der Waals surface area contributed by atoms with Crippen LogP contribution in [0, 0.1) is 5.92 Å². The van der Waals surface area contributed by atoms with Gasteiger partial charge < -0.3 is 34.9 Å². The predicted octanol–water partition coefficient (Wildman–Crippen LogP) is 4.67. The van der Waals surface area contributed by atoms with Crippen molar-refractivity contribution in [3.8, 4) is 0 Å². The highest BCUT2D eigenvalue weighted by molar-refractivity contribution is 5.83. The summed E-state index contributed by atoms with van der Waals surface area (Å²) in [5.74, 6) is -0.428. The van der Waals surface area contributed by atoms with Gasteiger partial charge in [-0.3, -0.25) is 0 Å². The van der Waals surface area contributed by atoms with Gasteiger partial charge in [0.1, 0.15) is 6.04 Å². The van der Waals surface area contributed by atoms with E-state index >= 15 is 0 Å². The molecule has 0 bridgehead atoms. The number of carbonyl (C=O) groups excluding carboxylic acids is 2. The van der Waals surface area contributed by atoms with Gasteiger partial charge in [0.15, 0.2) is 6.29 Å². The normalized spacial score (nSPS) is 20.5. The van der Waals surface area contributed by atoms with Gasteiger partial charge in [0.05, 0.1) is 25.9 Å². The third-order valence-corrected chi connectivity index (χ3v) is 7.83. The maximum absolute atomic E-state index is 12.7. The molecule has 9 nitrogen and oxygen atoms in total. The fourth-order valence-corrected chi connectivity index (χ4v) is 5.30. The first-order valence-corrected chi connectivity index (χ1v) is 14.9. The first-order valence-electron chi connectivity index (χ1n) is 14.9. The summed E-state index contributed by atoms with van der Waals surface area (Å²) >= 11 is 0. The van der Waals surface area contributed by atoms with Crippen molar-refractivity contribution in [1.82, 2.24) is 15.5 Å². The third kappa shape index (κ3) is 9.00. The summed E-state index contributed by atoms with van der Waals surface area (Å²) in [7, 11) is 3.35. The largest absolute Gasteiger partial charge is 0.467 e. The van der Waals surface area contributed by atoms with Gasteiger partial charge in [-0.1, -0.05) is 91.9 Å². The Morgan fingerprint density at radius 3 is 2.27 bits per heavy atom. The number of urea groups is 1. The van der Waals surface area contributed by atoms with Crippen molar-refractivity contribution in [2.75, 3.05) is 27.2 Å². The monoisotopic (exact) mass is 601 g/mol.